The van der Waals surface area contributed by atoms with Crippen molar-refractivity contribution < 1.29 is 13.7 Å². The maximum atomic E-state index is 14.7. The van der Waals surface area contributed by atoms with Gasteiger partial charge in [0.2, 0.25) is 0 Å². The highest BCUT2D eigenvalue weighted by Gasteiger charge is 2.26. The quantitative estimate of drug-likeness (QED) is 0.236. The van der Waals surface area contributed by atoms with Crippen molar-refractivity contribution in [2.24, 2.45) is 0 Å². The third-order valence-corrected chi connectivity index (χ3v) is 7.46. The fraction of sp³-hybridized carbons (Fsp3) is 0.154. The fourth-order valence-corrected chi connectivity index (χ4v) is 5.65. The number of nitro benzene ring substituents is 1. The lowest BCUT2D eigenvalue weighted by Gasteiger charge is -2.14. The van der Waals surface area contributed by atoms with Crippen LogP contribution in [-0.4, -0.2) is 43.3 Å². The third kappa shape index (κ3) is 4.74. The molecular weight excluding hydrogens is 546 g/mol. The molecule has 0 saturated heterocycles. The van der Waals surface area contributed by atoms with Gasteiger partial charge in [0.25, 0.3) is 16.8 Å². The average molecular weight is 567 g/mol. The van der Waals surface area contributed by atoms with Crippen LogP contribution in [0.5, 0.6) is 0 Å². The van der Waals surface area contributed by atoms with Crippen LogP contribution in [0, 0.1) is 21.7 Å². The molecule has 40 heavy (non-hydrogen) atoms. The van der Waals surface area contributed by atoms with Crippen molar-refractivity contribution >= 4 is 27.2 Å². The van der Waals surface area contributed by atoms with E-state index >= 15 is 0 Å². The Morgan fingerprint density at radius 2 is 1.68 bits per heavy atom. The first-order valence-electron chi connectivity index (χ1n) is 11.8. The van der Waals surface area contributed by atoms with Crippen molar-refractivity contribution in [3.8, 4) is 16.3 Å². The summed E-state index contributed by atoms with van der Waals surface area (Å²) < 4.78 is 31.2. The molecule has 0 fully saturated rings. The minimum absolute atomic E-state index is 0.108. The third-order valence-electron chi connectivity index (χ3n) is 6.16. The Hall–Kier alpha value is -4.82. The summed E-state index contributed by atoms with van der Waals surface area (Å²) in [4.78, 5) is 52.5. The molecule has 11 nitrogen and oxygen atoms in total. The number of hydrogen-bond acceptors (Lipinski definition) is 8. The fourth-order valence-electron chi connectivity index (χ4n) is 4.35. The van der Waals surface area contributed by atoms with E-state index in [0.717, 1.165) is 38.7 Å². The van der Waals surface area contributed by atoms with Gasteiger partial charge in [0.15, 0.2) is 5.82 Å². The lowest BCUT2D eigenvalue weighted by Crippen LogP contribution is -2.40. The number of hydrogen-bond donors (Lipinski definition) is 1. The molecule has 0 aliphatic rings. The molecule has 0 saturated carbocycles. The molecule has 1 N–H and O–H groups in total. The van der Waals surface area contributed by atoms with Gasteiger partial charge in [0.1, 0.15) is 16.5 Å². The van der Waals surface area contributed by atoms with Gasteiger partial charge in [-0.05, 0) is 55.6 Å². The van der Waals surface area contributed by atoms with Crippen LogP contribution in [0.25, 0.3) is 26.5 Å². The number of nitrogens with zero attached hydrogens (tertiary/aromatic N) is 5. The van der Waals surface area contributed by atoms with Crippen LogP contribution in [0.15, 0.2) is 69.0 Å². The molecule has 0 amide bonds. The zero-order chi connectivity index (χ0) is 28.7. The van der Waals surface area contributed by atoms with Gasteiger partial charge in [0, 0.05) is 35.2 Å². The minimum atomic E-state index is -0.924. The molecule has 2 aromatic carbocycles. The molecule has 0 aliphatic heterocycles. The Bertz CT molecular complexity index is 1920. The summed E-state index contributed by atoms with van der Waals surface area (Å²) in [5.74, 6) is -1.93. The van der Waals surface area contributed by atoms with E-state index in [1.54, 1.807) is 19.0 Å². The normalized spacial score (nSPS) is 11.4. The second kappa shape index (κ2) is 10.4. The van der Waals surface area contributed by atoms with Crippen molar-refractivity contribution in [1.29, 1.82) is 0 Å². The van der Waals surface area contributed by atoms with E-state index in [2.05, 4.69) is 10.2 Å². The van der Waals surface area contributed by atoms with Crippen molar-refractivity contribution in [1.82, 2.24) is 24.2 Å². The smallest absolute Gasteiger partial charge is 0.305 e. The van der Waals surface area contributed by atoms with E-state index in [1.807, 2.05) is 0 Å². The number of fused-ring (bicyclic) bond motifs is 1. The van der Waals surface area contributed by atoms with Crippen molar-refractivity contribution in [2.75, 3.05) is 14.1 Å². The van der Waals surface area contributed by atoms with E-state index in [4.69, 9.17) is 0 Å². The van der Waals surface area contributed by atoms with Crippen LogP contribution >= 0.6 is 11.3 Å². The SMILES string of the molecule is CN(C)Cc1c(-c2ccc([N+](=O)[O-])cc2)sc2c1c(=O)n(-c1ccc(=O)[nH]n1)c(=O)n2Cc1c(F)cccc1F. The Kier molecular flexibility index (Phi) is 6.95. The summed E-state index contributed by atoms with van der Waals surface area (Å²) in [5.41, 5.74) is -1.69. The van der Waals surface area contributed by atoms with Crippen molar-refractivity contribution in [3.05, 3.63) is 119 Å². The lowest BCUT2D eigenvalue weighted by molar-refractivity contribution is -0.384. The van der Waals surface area contributed by atoms with Crippen LogP contribution < -0.4 is 16.8 Å². The second-order valence-electron chi connectivity index (χ2n) is 9.12. The molecule has 5 rings (SSSR count). The molecule has 0 aliphatic carbocycles. The summed E-state index contributed by atoms with van der Waals surface area (Å²) in [7, 11) is 3.55. The van der Waals surface area contributed by atoms with Gasteiger partial charge in [-0.3, -0.25) is 24.3 Å². The van der Waals surface area contributed by atoms with Crippen LogP contribution in [0.1, 0.15) is 11.1 Å². The molecule has 0 atom stereocenters. The Balaban J connectivity index is 1.89. The van der Waals surface area contributed by atoms with Gasteiger partial charge in [-0.25, -0.2) is 23.2 Å². The number of nitro groups is 1. The molecule has 5 aromatic rings. The van der Waals surface area contributed by atoms with Gasteiger partial charge in [-0.2, -0.15) is 5.10 Å². The number of halogens is 2. The van der Waals surface area contributed by atoms with Crippen LogP contribution in [0.2, 0.25) is 0 Å². The zero-order valence-corrected chi connectivity index (χ0v) is 21.9. The number of thiophene rings is 1. The predicted octanol–water partition coefficient (Wildman–Crippen LogP) is 3.26. The topological polar surface area (TPSA) is 136 Å². The number of aromatic nitrogens is 4. The molecule has 0 spiro atoms. The summed E-state index contributed by atoms with van der Waals surface area (Å²) in [6.07, 6.45) is 0. The first-order valence-corrected chi connectivity index (χ1v) is 12.6. The molecule has 0 unspecified atom stereocenters. The number of H-pyrrole nitrogens is 1. The number of nitrogens with one attached hydrogen (secondary N) is 1. The Labute approximate surface area is 227 Å². The summed E-state index contributed by atoms with van der Waals surface area (Å²) >= 11 is 1.06. The molecule has 0 bridgehead atoms. The van der Waals surface area contributed by atoms with Gasteiger partial charge in [-0.1, -0.05) is 6.07 Å². The van der Waals surface area contributed by atoms with E-state index in [-0.39, 0.29) is 33.8 Å². The monoisotopic (exact) mass is 566 g/mol. The molecule has 14 heteroatoms. The van der Waals surface area contributed by atoms with E-state index < -0.39 is 39.9 Å². The number of benzene rings is 2. The van der Waals surface area contributed by atoms with Crippen molar-refractivity contribution in [3.63, 3.8) is 0 Å². The van der Waals surface area contributed by atoms with Gasteiger partial charge < -0.3 is 4.90 Å². The van der Waals surface area contributed by atoms with Crippen molar-refractivity contribution in [2.45, 2.75) is 13.1 Å². The highest BCUT2D eigenvalue weighted by atomic mass is 32.1. The largest absolute Gasteiger partial charge is 0.338 e. The van der Waals surface area contributed by atoms with Gasteiger partial charge in [-0.15, -0.1) is 11.3 Å². The highest BCUT2D eigenvalue weighted by molar-refractivity contribution is 7.22. The average Bonchev–Trinajstić information content (AvgIpc) is 3.27. The van der Waals surface area contributed by atoms with E-state index in [0.29, 0.717) is 16.0 Å². The van der Waals surface area contributed by atoms with Crippen LogP contribution in [0.3, 0.4) is 0 Å². The Morgan fingerprint density at radius 3 is 2.25 bits per heavy atom. The lowest BCUT2D eigenvalue weighted by atomic mass is 10.1. The Morgan fingerprint density at radius 1 is 1.00 bits per heavy atom. The van der Waals surface area contributed by atoms with Crippen LogP contribution in [-0.2, 0) is 13.1 Å². The van der Waals surface area contributed by atoms with E-state index in [9.17, 15) is 33.3 Å². The van der Waals surface area contributed by atoms with Gasteiger partial charge in [0.05, 0.1) is 16.9 Å². The van der Waals surface area contributed by atoms with Gasteiger partial charge >= 0.3 is 5.69 Å². The zero-order valence-electron chi connectivity index (χ0n) is 21.1. The first kappa shape index (κ1) is 26.8. The van der Waals surface area contributed by atoms with Crippen LogP contribution in [0.4, 0.5) is 14.5 Å². The summed E-state index contributed by atoms with van der Waals surface area (Å²) in [6, 6.07) is 11.3. The molecular formula is C26H20F2N6O5S. The predicted molar refractivity (Wildman–Crippen MR) is 145 cm³/mol. The highest BCUT2D eigenvalue weighted by Crippen LogP contribution is 2.38. The van der Waals surface area contributed by atoms with E-state index in [1.165, 1.54) is 36.4 Å². The number of non-ortho nitro benzene ring substituents is 1. The molecule has 0 radical (unpaired) electrons. The maximum Gasteiger partial charge on any atom is 0.338 e. The number of rotatable bonds is 7. The second-order valence-corrected chi connectivity index (χ2v) is 10.1. The minimum Gasteiger partial charge on any atom is -0.305 e. The molecule has 3 aromatic heterocycles. The number of aromatic amines is 1. The molecule has 204 valence electrons. The maximum absolute atomic E-state index is 14.7. The summed E-state index contributed by atoms with van der Waals surface area (Å²) in [5, 5.41) is 17.3. The first-order chi connectivity index (χ1) is 19.1. The summed E-state index contributed by atoms with van der Waals surface area (Å²) in [6.45, 7) is -0.314. The standard InChI is InChI=1S/C26H20F2N6O5S/c1-31(2)12-17-22-24(36)33(20-10-11-21(35)30-29-20)26(37)32(13-16-18(27)4-3-5-19(16)28)25(22)40-23(17)14-6-8-15(9-7-14)34(38)39/h3-11H,12-13H2,1-2H3,(H,30,35). The molecule has 3 heterocycles.